The summed E-state index contributed by atoms with van der Waals surface area (Å²) >= 11 is 0. The van der Waals surface area contributed by atoms with E-state index in [4.69, 9.17) is 10.5 Å². The smallest absolute Gasteiger partial charge is 0.254 e. The highest BCUT2D eigenvalue weighted by atomic mass is 19.1. The molecule has 5 rings (SSSR count). The summed E-state index contributed by atoms with van der Waals surface area (Å²) in [6.45, 7) is -0.262. The van der Waals surface area contributed by atoms with Gasteiger partial charge in [0.05, 0.1) is 42.8 Å². The number of halogens is 1. The zero-order valence-electron chi connectivity index (χ0n) is 18.6. The van der Waals surface area contributed by atoms with Crippen molar-refractivity contribution in [1.29, 1.82) is 0 Å². The number of primary amides is 1. The van der Waals surface area contributed by atoms with Gasteiger partial charge < -0.3 is 25.8 Å². The number of nitrogens with two attached hydrogens (primary N) is 1. The normalized spacial score (nSPS) is 21.0. The summed E-state index contributed by atoms with van der Waals surface area (Å²) in [5.74, 6) is -1.07. The predicted octanol–water partition coefficient (Wildman–Crippen LogP) is 1.24. The number of hydrogen-bond acceptors (Lipinski definition) is 7. The molecule has 1 saturated heterocycles. The van der Waals surface area contributed by atoms with Crippen molar-refractivity contribution in [2.75, 3.05) is 32.2 Å². The number of alkyl halides is 1. The molecule has 1 aliphatic carbocycles. The zero-order valence-corrected chi connectivity index (χ0v) is 18.6. The SMILES string of the molecule is COc1ccc(-c2cc3c(N[C@@H]4CN(C(=O)C5(O)CC5)C[C@@H]4CF)c(C(N)=O)cnn3c2)cn1. The molecule has 2 amide bonds. The number of nitrogens with one attached hydrogen (secondary N) is 1. The molecule has 10 nitrogen and oxygen atoms in total. The molecule has 4 N–H and O–H groups in total. The number of amides is 2. The van der Waals surface area contributed by atoms with Gasteiger partial charge in [0, 0.05) is 48.6 Å². The van der Waals surface area contributed by atoms with Gasteiger partial charge in [-0.25, -0.2) is 9.50 Å². The van der Waals surface area contributed by atoms with Crippen molar-refractivity contribution >= 4 is 23.0 Å². The third-order valence-electron chi connectivity index (χ3n) is 6.56. The number of methoxy groups -OCH3 is 1. The molecule has 2 atom stereocenters. The summed E-state index contributed by atoms with van der Waals surface area (Å²) in [7, 11) is 1.54. The monoisotopic (exact) mass is 468 g/mol. The number of ether oxygens (including phenoxy) is 1. The molecule has 3 aromatic rings. The topological polar surface area (TPSA) is 135 Å². The van der Waals surface area contributed by atoms with Crippen LogP contribution in [0, 0.1) is 5.92 Å². The van der Waals surface area contributed by atoms with E-state index in [1.807, 2.05) is 12.1 Å². The Labute approximate surface area is 194 Å². The average Bonchev–Trinajstić information content (AvgIpc) is 3.26. The Morgan fingerprint density at radius 2 is 2.09 bits per heavy atom. The van der Waals surface area contributed by atoms with Crippen LogP contribution in [0.25, 0.3) is 16.6 Å². The van der Waals surface area contributed by atoms with Gasteiger partial charge in [0.1, 0.15) is 5.60 Å². The molecule has 178 valence electrons. The second-order valence-corrected chi connectivity index (χ2v) is 8.85. The molecular weight excluding hydrogens is 443 g/mol. The van der Waals surface area contributed by atoms with Crippen LogP contribution in [0.4, 0.5) is 10.1 Å². The van der Waals surface area contributed by atoms with E-state index in [-0.39, 0.29) is 24.6 Å². The lowest BCUT2D eigenvalue weighted by Gasteiger charge is -2.21. The van der Waals surface area contributed by atoms with Crippen molar-refractivity contribution in [3.63, 3.8) is 0 Å². The second kappa shape index (κ2) is 8.24. The summed E-state index contributed by atoms with van der Waals surface area (Å²) in [4.78, 5) is 30.5. The van der Waals surface area contributed by atoms with E-state index in [2.05, 4.69) is 15.4 Å². The van der Waals surface area contributed by atoms with Gasteiger partial charge in [0.25, 0.3) is 11.8 Å². The van der Waals surface area contributed by atoms with E-state index in [1.165, 1.54) is 18.2 Å². The fourth-order valence-corrected chi connectivity index (χ4v) is 4.39. The lowest BCUT2D eigenvalue weighted by Crippen LogP contribution is -2.40. The number of rotatable bonds is 7. The number of aromatic nitrogens is 3. The Balaban J connectivity index is 1.49. The minimum Gasteiger partial charge on any atom is -0.481 e. The Hall–Kier alpha value is -3.73. The van der Waals surface area contributed by atoms with Crippen molar-refractivity contribution in [2.24, 2.45) is 11.7 Å². The Morgan fingerprint density at radius 3 is 2.71 bits per heavy atom. The quantitative estimate of drug-likeness (QED) is 0.475. The van der Waals surface area contributed by atoms with Crippen molar-refractivity contribution in [3.05, 3.63) is 42.4 Å². The predicted molar refractivity (Wildman–Crippen MR) is 121 cm³/mol. The van der Waals surface area contributed by atoms with E-state index in [9.17, 15) is 19.1 Å². The van der Waals surface area contributed by atoms with Crippen molar-refractivity contribution in [1.82, 2.24) is 19.5 Å². The van der Waals surface area contributed by atoms with Crippen LogP contribution in [0.2, 0.25) is 0 Å². The number of aliphatic hydroxyl groups is 1. The number of anilines is 1. The van der Waals surface area contributed by atoms with Crippen LogP contribution in [0.3, 0.4) is 0 Å². The summed E-state index contributed by atoms with van der Waals surface area (Å²) < 4.78 is 20.6. The fraction of sp³-hybridized carbons (Fsp3) is 0.391. The van der Waals surface area contributed by atoms with Crippen LogP contribution in [0.5, 0.6) is 5.88 Å². The summed E-state index contributed by atoms with van der Waals surface area (Å²) in [5.41, 5.74) is 7.06. The summed E-state index contributed by atoms with van der Waals surface area (Å²) in [5, 5.41) is 17.8. The van der Waals surface area contributed by atoms with E-state index < -0.39 is 30.1 Å². The minimum absolute atomic E-state index is 0.160. The highest BCUT2D eigenvalue weighted by Gasteiger charge is 2.52. The van der Waals surface area contributed by atoms with Crippen LogP contribution >= 0.6 is 0 Å². The highest BCUT2D eigenvalue weighted by Crippen LogP contribution is 2.39. The molecule has 0 unspecified atom stereocenters. The number of likely N-dealkylation sites (tertiary alicyclic amines) is 1. The molecule has 0 aromatic carbocycles. The van der Waals surface area contributed by atoms with E-state index in [0.29, 0.717) is 29.9 Å². The fourth-order valence-electron chi connectivity index (χ4n) is 4.39. The Bertz CT molecular complexity index is 1260. The number of fused-ring (bicyclic) bond motifs is 1. The Morgan fingerprint density at radius 1 is 1.29 bits per heavy atom. The largest absolute Gasteiger partial charge is 0.481 e. The van der Waals surface area contributed by atoms with E-state index >= 15 is 0 Å². The van der Waals surface area contributed by atoms with Crippen LogP contribution in [-0.2, 0) is 4.79 Å². The molecule has 0 radical (unpaired) electrons. The van der Waals surface area contributed by atoms with Crippen molar-refractivity contribution < 1.29 is 23.8 Å². The van der Waals surface area contributed by atoms with Gasteiger partial charge in [-0.2, -0.15) is 5.10 Å². The molecule has 0 spiro atoms. The number of carbonyl (C=O) groups is 2. The van der Waals surface area contributed by atoms with Gasteiger partial charge in [0.2, 0.25) is 5.88 Å². The highest BCUT2D eigenvalue weighted by molar-refractivity contribution is 6.02. The lowest BCUT2D eigenvalue weighted by molar-refractivity contribution is -0.141. The van der Waals surface area contributed by atoms with Crippen molar-refractivity contribution in [3.8, 4) is 17.0 Å². The first-order chi connectivity index (χ1) is 16.3. The maximum Gasteiger partial charge on any atom is 0.254 e. The van der Waals surface area contributed by atoms with Crippen LogP contribution in [-0.4, -0.2) is 74.9 Å². The molecule has 2 aliphatic rings. The van der Waals surface area contributed by atoms with Gasteiger partial charge in [-0.15, -0.1) is 0 Å². The van der Waals surface area contributed by atoms with Gasteiger partial charge >= 0.3 is 0 Å². The summed E-state index contributed by atoms with van der Waals surface area (Å²) in [6, 6.07) is 4.95. The van der Waals surface area contributed by atoms with Gasteiger partial charge in [-0.1, -0.05) is 0 Å². The van der Waals surface area contributed by atoms with Crippen molar-refractivity contribution in [2.45, 2.75) is 24.5 Å². The number of nitrogens with zero attached hydrogens (tertiary/aromatic N) is 4. The number of hydrogen-bond donors (Lipinski definition) is 3. The molecule has 0 bridgehead atoms. The van der Waals surface area contributed by atoms with Gasteiger partial charge in [-0.05, 0) is 25.0 Å². The maximum absolute atomic E-state index is 13.9. The molecule has 2 fully saturated rings. The van der Waals surface area contributed by atoms with Crippen LogP contribution in [0.1, 0.15) is 23.2 Å². The molecule has 1 saturated carbocycles. The van der Waals surface area contributed by atoms with Crippen LogP contribution < -0.4 is 15.8 Å². The Kier molecular flexibility index (Phi) is 5.35. The molecule has 34 heavy (non-hydrogen) atoms. The first kappa shape index (κ1) is 22.1. The van der Waals surface area contributed by atoms with Crippen LogP contribution in [0.15, 0.2) is 36.8 Å². The van der Waals surface area contributed by atoms with Gasteiger partial charge in [-0.3, -0.25) is 14.0 Å². The third-order valence-corrected chi connectivity index (χ3v) is 6.56. The number of pyridine rings is 1. The molecule has 1 aliphatic heterocycles. The van der Waals surface area contributed by atoms with E-state index in [0.717, 1.165) is 11.1 Å². The first-order valence-corrected chi connectivity index (χ1v) is 11.0. The van der Waals surface area contributed by atoms with Gasteiger partial charge in [0.15, 0.2) is 0 Å². The number of carbonyl (C=O) groups excluding carboxylic acids is 2. The molecular formula is C23H25FN6O4. The standard InChI is InChI=1S/C23H25FN6O4/c1-34-19-3-2-13(8-26-19)14-6-18-20(16(21(25)31)9-27-30(18)11-14)28-17-12-29(10-15(17)7-24)22(32)23(33)4-5-23/h2-3,6,8-9,11,15,17,28,33H,4-5,7,10,12H2,1H3,(H2,25,31)/t15-,17+/m0/s1. The zero-order chi connectivity index (χ0) is 24.0. The first-order valence-electron chi connectivity index (χ1n) is 11.0. The third kappa shape index (κ3) is 3.81. The molecule has 3 aromatic heterocycles. The van der Waals surface area contributed by atoms with E-state index in [1.54, 1.807) is 23.0 Å². The maximum atomic E-state index is 13.9. The average molecular weight is 468 g/mol. The molecule has 4 heterocycles. The minimum atomic E-state index is -1.32. The molecule has 11 heteroatoms. The summed E-state index contributed by atoms with van der Waals surface area (Å²) in [6.07, 6.45) is 5.66. The lowest BCUT2D eigenvalue weighted by atomic mass is 10.0. The second-order valence-electron chi connectivity index (χ2n) is 8.85.